The Morgan fingerprint density at radius 3 is 2.81 bits per heavy atom. The number of nitrogens with one attached hydrogen (secondary N) is 1. The number of amides is 1. The summed E-state index contributed by atoms with van der Waals surface area (Å²) in [6.45, 7) is 3.34. The Hall–Kier alpha value is -2.16. The van der Waals surface area contributed by atoms with Crippen LogP contribution < -0.4 is 5.32 Å². The maximum atomic E-state index is 13.7. The average Bonchev–Trinajstić information content (AvgIpc) is 2.82. The quantitative estimate of drug-likeness (QED) is 0.838. The number of carbonyl (C=O) groups is 1. The Kier molecular flexibility index (Phi) is 4.73. The van der Waals surface area contributed by atoms with E-state index in [4.69, 9.17) is 5.11 Å². The molecule has 0 radical (unpaired) electrons. The summed E-state index contributed by atoms with van der Waals surface area (Å²) in [5.74, 6) is 4.51. The average molecular weight is 303 g/mol. The molecule has 1 aromatic carbocycles. The van der Waals surface area contributed by atoms with Crippen molar-refractivity contribution in [1.29, 1.82) is 0 Å². The van der Waals surface area contributed by atoms with Crippen LogP contribution in [0.4, 0.5) is 10.1 Å². The van der Waals surface area contributed by atoms with Crippen molar-refractivity contribution in [2.75, 3.05) is 11.9 Å². The maximum Gasteiger partial charge on any atom is 0.265 e. The number of halogens is 1. The van der Waals surface area contributed by atoms with Gasteiger partial charge in [-0.05, 0) is 37.1 Å². The van der Waals surface area contributed by atoms with E-state index in [-0.39, 0.29) is 18.2 Å². The van der Waals surface area contributed by atoms with Gasteiger partial charge >= 0.3 is 0 Å². The summed E-state index contributed by atoms with van der Waals surface area (Å²) in [4.78, 5) is 13.4. The van der Waals surface area contributed by atoms with Gasteiger partial charge in [0.1, 0.15) is 12.4 Å². The first-order valence-electron chi connectivity index (χ1n) is 6.29. The first-order valence-corrected chi connectivity index (χ1v) is 7.11. The third kappa shape index (κ3) is 3.48. The van der Waals surface area contributed by atoms with Crippen molar-refractivity contribution in [3.05, 3.63) is 51.0 Å². The lowest BCUT2D eigenvalue weighted by atomic mass is 10.2. The van der Waals surface area contributed by atoms with E-state index in [0.29, 0.717) is 10.4 Å². The molecule has 2 N–H and O–H groups in total. The van der Waals surface area contributed by atoms with Crippen molar-refractivity contribution in [2.24, 2.45) is 0 Å². The van der Waals surface area contributed by atoms with Crippen molar-refractivity contribution in [3.8, 4) is 11.8 Å². The molecule has 0 unspecified atom stereocenters. The summed E-state index contributed by atoms with van der Waals surface area (Å²) in [6, 6.07) is 6.34. The van der Waals surface area contributed by atoms with E-state index in [0.717, 1.165) is 10.4 Å². The van der Waals surface area contributed by atoms with Gasteiger partial charge in [-0.3, -0.25) is 4.79 Å². The molecule has 1 amide bonds. The number of rotatable bonds is 2. The minimum Gasteiger partial charge on any atom is -0.384 e. The highest BCUT2D eigenvalue weighted by atomic mass is 32.1. The van der Waals surface area contributed by atoms with E-state index in [2.05, 4.69) is 17.2 Å². The molecular weight excluding hydrogens is 289 g/mol. The highest BCUT2D eigenvalue weighted by Crippen LogP contribution is 2.24. The third-order valence-electron chi connectivity index (χ3n) is 2.88. The summed E-state index contributed by atoms with van der Waals surface area (Å²) in [7, 11) is 0. The van der Waals surface area contributed by atoms with Crippen LogP contribution in [0.1, 0.15) is 25.7 Å². The zero-order valence-electron chi connectivity index (χ0n) is 11.7. The second-order valence-electron chi connectivity index (χ2n) is 4.47. The smallest absolute Gasteiger partial charge is 0.265 e. The van der Waals surface area contributed by atoms with E-state index in [1.807, 2.05) is 6.92 Å². The molecule has 21 heavy (non-hydrogen) atoms. The number of aliphatic hydroxyl groups is 1. The molecule has 0 saturated carbocycles. The largest absolute Gasteiger partial charge is 0.384 e. The van der Waals surface area contributed by atoms with Crippen molar-refractivity contribution < 1.29 is 14.3 Å². The molecule has 0 saturated heterocycles. The maximum absolute atomic E-state index is 13.7. The number of hydrogen-bond acceptors (Lipinski definition) is 3. The number of carbonyl (C=O) groups excluding carboxylic acids is 1. The summed E-state index contributed by atoms with van der Waals surface area (Å²) >= 11 is 1.22. The molecular formula is C16H14FNO2S. The van der Waals surface area contributed by atoms with Gasteiger partial charge < -0.3 is 10.4 Å². The molecule has 1 heterocycles. The number of para-hydroxylation sites is 1. The fraction of sp³-hybridized carbons (Fsp3) is 0.188. The Morgan fingerprint density at radius 2 is 2.14 bits per heavy atom. The molecule has 0 aliphatic carbocycles. The zero-order chi connectivity index (χ0) is 15.4. The van der Waals surface area contributed by atoms with Gasteiger partial charge in [-0.2, -0.15) is 0 Å². The molecule has 5 heteroatoms. The minimum atomic E-state index is -0.461. The molecule has 0 spiro atoms. The van der Waals surface area contributed by atoms with E-state index >= 15 is 0 Å². The highest BCUT2D eigenvalue weighted by Gasteiger charge is 2.14. The topological polar surface area (TPSA) is 49.3 Å². The van der Waals surface area contributed by atoms with Crippen LogP contribution in [-0.2, 0) is 0 Å². The number of thiophene rings is 1. The number of aliphatic hydroxyl groups excluding tert-OH is 1. The molecule has 0 bridgehead atoms. The molecule has 2 rings (SSSR count). The van der Waals surface area contributed by atoms with Crippen LogP contribution in [0.2, 0.25) is 0 Å². The van der Waals surface area contributed by atoms with Gasteiger partial charge in [-0.25, -0.2) is 4.39 Å². The van der Waals surface area contributed by atoms with Crippen LogP contribution in [0.3, 0.4) is 0 Å². The molecule has 0 atom stereocenters. The zero-order valence-corrected chi connectivity index (χ0v) is 12.5. The highest BCUT2D eigenvalue weighted by molar-refractivity contribution is 7.14. The lowest BCUT2D eigenvalue weighted by Gasteiger charge is -2.08. The first-order chi connectivity index (χ1) is 10.0. The van der Waals surface area contributed by atoms with Crippen LogP contribution in [0.15, 0.2) is 24.3 Å². The number of benzene rings is 1. The van der Waals surface area contributed by atoms with Crippen LogP contribution in [0, 0.1) is 31.5 Å². The lowest BCUT2D eigenvalue weighted by molar-refractivity contribution is 0.103. The molecule has 0 fully saturated rings. The van der Waals surface area contributed by atoms with Crippen LogP contribution >= 0.6 is 11.3 Å². The van der Waals surface area contributed by atoms with Gasteiger partial charge in [0.15, 0.2) is 0 Å². The standard InChI is InChI=1S/C16H14FNO2S/c1-10-5-3-6-12(17)15(10)18-16(20)14-9-11(2)13(21-14)7-4-8-19/h3,5-6,9,19H,8H2,1-2H3,(H,18,20). The van der Waals surface area contributed by atoms with E-state index in [1.165, 1.54) is 17.4 Å². The second-order valence-corrected chi connectivity index (χ2v) is 5.52. The number of hydrogen-bond donors (Lipinski definition) is 2. The van der Waals surface area contributed by atoms with Gasteiger partial charge in [0.25, 0.3) is 5.91 Å². The monoisotopic (exact) mass is 303 g/mol. The van der Waals surface area contributed by atoms with E-state index in [9.17, 15) is 9.18 Å². The number of aryl methyl sites for hydroxylation is 2. The lowest BCUT2D eigenvalue weighted by Crippen LogP contribution is -2.12. The molecule has 0 aliphatic heterocycles. The van der Waals surface area contributed by atoms with Crippen molar-refractivity contribution in [3.63, 3.8) is 0 Å². The normalized spacial score (nSPS) is 9.90. The Bertz CT molecular complexity index is 720. The molecule has 2 aromatic rings. The number of anilines is 1. The summed E-state index contributed by atoms with van der Waals surface area (Å²) in [5, 5.41) is 11.3. The predicted octanol–water partition coefficient (Wildman–Crippen LogP) is 3.10. The summed E-state index contributed by atoms with van der Waals surface area (Å²) < 4.78 is 13.7. The van der Waals surface area contributed by atoms with E-state index in [1.54, 1.807) is 25.1 Å². The van der Waals surface area contributed by atoms with Crippen LogP contribution in [0.25, 0.3) is 0 Å². The Labute approximate surface area is 126 Å². The summed E-state index contributed by atoms with van der Waals surface area (Å²) in [5.41, 5.74) is 1.71. The fourth-order valence-electron chi connectivity index (χ4n) is 1.80. The van der Waals surface area contributed by atoms with Gasteiger partial charge in [0, 0.05) is 0 Å². The summed E-state index contributed by atoms with van der Waals surface area (Å²) in [6.07, 6.45) is 0. The second kappa shape index (κ2) is 6.53. The van der Waals surface area contributed by atoms with Crippen LogP contribution in [0.5, 0.6) is 0 Å². The van der Waals surface area contributed by atoms with Crippen LogP contribution in [-0.4, -0.2) is 17.6 Å². The van der Waals surface area contributed by atoms with Gasteiger partial charge in [-0.15, -0.1) is 11.3 Å². The van der Waals surface area contributed by atoms with Gasteiger partial charge in [0.05, 0.1) is 15.4 Å². The SMILES string of the molecule is Cc1cc(C(=O)Nc2c(C)cccc2F)sc1C#CCO. The first kappa shape index (κ1) is 15.2. The van der Waals surface area contributed by atoms with Crippen molar-refractivity contribution >= 4 is 22.9 Å². The minimum absolute atomic E-state index is 0.191. The third-order valence-corrected chi connectivity index (χ3v) is 4.03. The van der Waals surface area contributed by atoms with Crippen molar-refractivity contribution in [1.82, 2.24) is 0 Å². The van der Waals surface area contributed by atoms with Gasteiger partial charge in [-0.1, -0.05) is 24.0 Å². The molecule has 0 aliphatic rings. The van der Waals surface area contributed by atoms with Gasteiger partial charge in [0.2, 0.25) is 0 Å². The Morgan fingerprint density at radius 1 is 1.38 bits per heavy atom. The van der Waals surface area contributed by atoms with E-state index < -0.39 is 5.82 Å². The molecule has 3 nitrogen and oxygen atoms in total. The van der Waals surface area contributed by atoms with Crippen molar-refractivity contribution in [2.45, 2.75) is 13.8 Å². The molecule has 1 aromatic heterocycles. The Balaban J connectivity index is 2.25. The molecule has 108 valence electrons. The predicted molar refractivity (Wildman–Crippen MR) is 82.1 cm³/mol. The fourth-order valence-corrected chi connectivity index (χ4v) is 2.75.